The molecule has 1 aliphatic rings. The zero-order valence-electron chi connectivity index (χ0n) is 14.9. The van der Waals surface area contributed by atoms with Crippen molar-refractivity contribution >= 4 is 12.1 Å². The van der Waals surface area contributed by atoms with Crippen LogP contribution < -0.4 is 5.32 Å². The molecule has 1 heterocycles. The zero-order chi connectivity index (χ0) is 18.1. The molecule has 1 amide bonds. The van der Waals surface area contributed by atoms with Gasteiger partial charge >= 0.3 is 6.09 Å². The lowest BCUT2D eigenvalue weighted by Gasteiger charge is -2.35. The molecule has 0 aliphatic carbocycles. The summed E-state index contributed by atoms with van der Waals surface area (Å²) >= 11 is 0. The second-order valence-corrected chi connectivity index (χ2v) is 5.66. The minimum Gasteiger partial charge on any atom is -0.450 e. The van der Waals surface area contributed by atoms with Gasteiger partial charge in [-0.05, 0) is 31.5 Å². The van der Waals surface area contributed by atoms with E-state index in [4.69, 9.17) is 10.00 Å². The molecule has 1 aliphatic heterocycles. The minimum absolute atomic E-state index is 0.252. The van der Waals surface area contributed by atoms with Crippen molar-refractivity contribution in [1.82, 2.24) is 15.1 Å². The fraction of sp³-hybridized carbons (Fsp3) is 0.500. The molecule has 2 rings (SSSR count). The Kier molecular flexibility index (Phi) is 7.08. The van der Waals surface area contributed by atoms with Gasteiger partial charge in [-0.3, -0.25) is 0 Å². The second kappa shape index (κ2) is 9.52. The summed E-state index contributed by atoms with van der Waals surface area (Å²) < 4.78 is 5.05. The lowest BCUT2D eigenvalue weighted by atomic mass is 10.1. The van der Waals surface area contributed by atoms with Crippen LogP contribution in [0.1, 0.15) is 25.0 Å². The molecule has 0 atom stereocenters. The fourth-order valence-corrected chi connectivity index (χ4v) is 2.65. The maximum atomic E-state index is 11.8. The minimum atomic E-state index is -0.252. The smallest absolute Gasteiger partial charge is 0.409 e. The quantitative estimate of drug-likeness (QED) is 0.666. The number of nitriles is 1. The summed E-state index contributed by atoms with van der Waals surface area (Å²) in [6.07, 6.45) is -0.252. The fourth-order valence-electron chi connectivity index (χ4n) is 2.65. The van der Waals surface area contributed by atoms with Gasteiger partial charge in [0.05, 0.1) is 24.8 Å². The number of rotatable bonds is 4. The first kappa shape index (κ1) is 18.6. The van der Waals surface area contributed by atoms with Crippen molar-refractivity contribution in [3.63, 3.8) is 0 Å². The molecule has 0 spiro atoms. The van der Waals surface area contributed by atoms with Crippen molar-refractivity contribution in [3.8, 4) is 6.07 Å². The molecule has 1 aromatic carbocycles. The van der Waals surface area contributed by atoms with Gasteiger partial charge in [-0.15, -0.1) is 0 Å². The molecule has 0 unspecified atom stereocenters. The third kappa shape index (κ3) is 5.38. The molecule has 0 radical (unpaired) electrons. The Morgan fingerprint density at radius 1 is 1.28 bits per heavy atom. The Balaban J connectivity index is 1.98. The maximum absolute atomic E-state index is 11.8. The summed E-state index contributed by atoms with van der Waals surface area (Å²) in [5.41, 5.74) is 1.64. The van der Waals surface area contributed by atoms with Crippen LogP contribution in [0.25, 0.3) is 0 Å². The number of guanidine groups is 1. The van der Waals surface area contributed by atoms with Crippen LogP contribution in [0.4, 0.5) is 4.79 Å². The number of amides is 1. The summed E-state index contributed by atoms with van der Waals surface area (Å²) in [5, 5.41) is 12.3. The Hall–Kier alpha value is -2.75. The van der Waals surface area contributed by atoms with Crippen molar-refractivity contribution in [2.45, 2.75) is 20.4 Å². The van der Waals surface area contributed by atoms with E-state index in [-0.39, 0.29) is 6.09 Å². The number of ether oxygens (including phenoxy) is 1. The predicted molar refractivity (Wildman–Crippen MR) is 96.1 cm³/mol. The monoisotopic (exact) mass is 343 g/mol. The maximum Gasteiger partial charge on any atom is 0.409 e. The Labute approximate surface area is 148 Å². The van der Waals surface area contributed by atoms with Gasteiger partial charge in [-0.2, -0.15) is 5.26 Å². The molecule has 1 N–H and O–H groups in total. The number of hydrogen-bond acceptors (Lipinski definition) is 4. The summed E-state index contributed by atoms with van der Waals surface area (Å²) in [6, 6.07) is 9.62. The number of carbonyl (C=O) groups excluding carboxylic acids is 1. The molecule has 134 valence electrons. The van der Waals surface area contributed by atoms with E-state index in [1.165, 1.54) is 0 Å². The third-order valence-electron chi connectivity index (χ3n) is 3.91. The number of hydrogen-bond donors (Lipinski definition) is 1. The Bertz CT molecular complexity index is 645. The lowest BCUT2D eigenvalue weighted by Crippen LogP contribution is -2.53. The van der Waals surface area contributed by atoms with Crippen molar-refractivity contribution in [2.24, 2.45) is 4.99 Å². The van der Waals surface area contributed by atoms with Crippen LogP contribution in [-0.4, -0.2) is 61.2 Å². The molecule has 25 heavy (non-hydrogen) atoms. The number of benzene rings is 1. The van der Waals surface area contributed by atoms with Crippen molar-refractivity contribution in [1.29, 1.82) is 5.26 Å². The molecule has 0 saturated carbocycles. The van der Waals surface area contributed by atoms with Gasteiger partial charge < -0.3 is 19.9 Å². The van der Waals surface area contributed by atoms with E-state index in [1.807, 2.05) is 32.0 Å². The molecular formula is C18H25N5O2. The normalized spacial score (nSPS) is 14.8. The van der Waals surface area contributed by atoms with Crippen LogP contribution in [0.5, 0.6) is 0 Å². The van der Waals surface area contributed by atoms with Gasteiger partial charge in [0.25, 0.3) is 0 Å². The largest absolute Gasteiger partial charge is 0.450 e. The molecular weight excluding hydrogens is 318 g/mol. The Morgan fingerprint density at radius 2 is 2.00 bits per heavy atom. The van der Waals surface area contributed by atoms with E-state index in [0.717, 1.165) is 18.1 Å². The van der Waals surface area contributed by atoms with Crippen molar-refractivity contribution in [3.05, 3.63) is 35.4 Å². The Morgan fingerprint density at radius 3 is 2.64 bits per heavy atom. The second-order valence-electron chi connectivity index (χ2n) is 5.66. The van der Waals surface area contributed by atoms with Crippen molar-refractivity contribution < 1.29 is 9.53 Å². The molecule has 1 fully saturated rings. The van der Waals surface area contributed by atoms with Crippen LogP contribution in [0, 0.1) is 11.3 Å². The van der Waals surface area contributed by atoms with E-state index in [0.29, 0.717) is 44.9 Å². The van der Waals surface area contributed by atoms with Gasteiger partial charge in [0.1, 0.15) is 0 Å². The molecule has 0 bridgehead atoms. The van der Waals surface area contributed by atoms with Gasteiger partial charge in [0.2, 0.25) is 0 Å². The first-order chi connectivity index (χ1) is 12.2. The molecule has 7 heteroatoms. The average molecular weight is 343 g/mol. The van der Waals surface area contributed by atoms with Gasteiger partial charge in [-0.1, -0.05) is 12.1 Å². The molecule has 1 aromatic rings. The van der Waals surface area contributed by atoms with E-state index in [1.54, 1.807) is 11.0 Å². The molecule has 7 nitrogen and oxygen atoms in total. The van der Waals surface area contributed by atoms with E-state index in [2.05, 4.69) is 21.3 Å². The van der Waals surface area contributed by atoms with Gasteiger partial charge in [-0.25, -0.2) is 9.79 Å². The summed E-state index contributed by atoms with van der Waals surface area (Å²) in [5.74, 6) is 0.827. The van der Waals surface area contributed by atoms with E-state index < -0.39 is 0 Å². The number of nitrogens with zero attached hydrogens (tertiary/aromatic N) is 4. The highest BCUT2D eigenvalue weighted by Crippen LogP contribution is 2.08. The van der Waals surface area contributed by atoms with Crippen LogP contribution in [0.3, 0.4) is 0 Å². The summed E-state index contributed by atoms with van der Waals surface area (Å²) in [6.45, 7) is 8.17. The SMILES string of the molecule is CCNC(=NCc1cccc(C#N)c1)N1CCN(C(=O)OCC)CC1. The topological polar surface area (TPSA) is 81.0 Å². The standard InChI is InChI=1S/C18H25N5O2/c1-3-20-17(21-14-16-7-5-6-15(12-16)13-19)22-8-10-23(11-9-22)18(24)25-4-2/h5-7,12H,3-4,8-11,14H2,1-2H3,(H,20,21). The third-order valence-corrected chi connectivity index (χ3v) is 3.91. The van der Waals surface area contributed by atoms with Crippen LogP contribution in [0.2, 0.25) is 0 Å². The zero-order valence-corrected chi connectivity index (χ0v) is 14.9. The van der Waals surface area contributed by atoms with Crippen LogP contribution >= 0.6 is 0 Å². The van der Waals surface area contributed by atoms with Gasteiger partial charge in [0, 0.05) is 32.7 Å². The number of piperazine rings is 1. The van der Waals surface area contributed by atoms with E-state index >= 15 is 0 Å². The first-order valence-electron chi connectivity index (χ1n) is 8.62. The highest BCUT2D eigenvalue weighted by atomic mass is 16.6. The number of aliphatic imine (C=N–C) groups is 1. The first-order valence-corrected chi connectivity index (χ1v) is 8.62. The van der Waals surface area contributed by atoms with Crippen LogP contribution in [0.15, 0.2) is 29.3 Å². The summed E-state index contributed by atoms with van der Waals surface area (Å²) in [4.78, 5) is 20.3. The highest BCUT2D eigenvalue weighted by Gasteiger charge is 2.23. The van der Waals surface area contributed by atoms with E-state index in [9.17, 15) is 4.79 Å². The number of nitrogens with one attached hydrogen (secondary N) is 1. The average Bonchev–Trinajstić information content (AvgIpc) is 2.65. The highest BCUT2D eigenvalue weighted by molar-refractivity contribution is 5.80. The lowest BCUT2D eigenvalue weighted by molar-refractivity contribution is 0.0914. The van der Waals surface area contributed by atoms with Gasteiger partial charge in [0.15, 0.2) is 5.96 Å². The number of carbonyl (C=O) groups is 1. The molecule has 0 aromatic heterocycles. The summed E-state index contributed by atoms with van der Waals surface area (Å²) in [7, 11) is 0. The van der Waals surface area contributed by atoms with Crippen molar-refractivity contribution in [2.75, 3.05) is 39.3 Å². The predicted octanol–water partition coefficient (Wildman–Crippen LogP) is 1.80. The molecule has 1 saturated heterocycles. The van der Waals surface area contributed by atoms with Crippen LogP contribution in [-0.2, 0) is 11.3 Å².